The summed E-state index contributed by atoms with van der Waals surface area (Å²) in [6.07, 6.45) is 9.04. The van der Waals surface area contributed by atoms with Crippen LogP contribution < -0.4 is 0 Å². The summed E-state index contributed by atoms with van der Waals surface area (Å²) >= 11 is -4.50. The van der Waals surface area contributed by atoms with Gasteiger partial charge in [-0.1, -0.05) is 0 Å². The Morgan fingerprint density at radius 1 is 0.415 bits per heavy atom. The molecular weight excluding hydrogens is 803 g/mol. The summed E-state index contributed by atoms with van der Waals surface area (Å²) in [4.78, 5) is 0. The predicted octanol–water partition coefficient (Wildman–Crippen LogP) is 14.3. The molecule has 3 aliphatic rings. The number of rotatable bonds is 4. The SMILES string of the molecule is [CH3][Hf]([CH3])(=[C]1CCC1)([CH]1C(c2cccc3ccc4ccccc4c23)=Cc2ccccc21)[CH]1C(c2cccc3ccc4ccccc4c23)=Cc2ccccc21. The third-order valence-electron chi connectivity index (χ3n) is 13.9. The molecular formula is C52H42Hf. The zero-order valence-corrected chi connectivity index (χ0v) is 34.0. The number of fused-ring (bicyclic) bond motifs is 8. The van der Waals surface area contributed by atoms with Crippen LogP contribution in [0.4, 0.5) is 0 Å². The molecule has 1 fully saturated rings. The Morgan fingerprint density at radius 3 is 1.30 bits per heavy atom. The average molecular weight is 845 g/mol. The monoisotopic (exact) mass is 846 g/mol. The van der Waals surface area contributed by atoms with E-state index in [1.165, 1.54) is 84.6 Å². The Hall–Kier alpha value is -4.98. The molecule has 11 rings (SSSR count). The van der Waals surface area contributed by atoms with E-state index < -0.39 is 18.0 Å². The first kappa shape index (κ1) is 31.5. The van der Waals surface area contributed by atoms with E-state index in [9.17, 15) is 0 Å². The zero-order valence-electron chi connectivity index (χ0n) is 30.4. The fraction of sp³-hybridized carbons (Fsp3) is 0.135. The van der Waals surface area contributed by atoms with Crippen molar-refractivity contribution in [3.63, 3.8) is 0 Å². The molecule has 0 saturated heterocycles. The maximum atomic E-state index is 2.89. The molecule has 1 saturated carbocycles. The second-order valence-electron chi connectivity index (χ2n) is 16.8. The Kier molecular flexibility index (Phi) is 6.85. The minimum absolute atomic E-state index is 0.356. The van der Waals surface area contributed by atoms with E-state index in [1.54, 1.807) is 22.3 Å². The molecule has 0 N–H and O–H groups in total. The summed E-state index contributed by atoms with van der Waals surface area (Å²) in [5, 5.41) is 10.8. The van der Waals surface area contributed by atoms with Crippen LogP contribution >= 0.6 is 0 Å². The van der Waals surface area contributed by atoms with Crippen molar-refractivity contribution in [1.29, 1.82) is 0 Å². The second kappa shape index (κ2) is 11.5. The molecule has 53 heavy (non-hydrogen) atoms. The molecule has 2 atom stereocenters. The summed E-state index contributed by atoms with van der Waals surface area (Å²) in [5.74, 6) is 0. The summed E-state index contributed by atoms with van der Waals surface area (Å²) in [5.41, 5.74) is 11.8. The quantitative estimate of drug-likeness (QED) is 0.122. The molecule has 0 heterocycles. The molecule has 254 valence electrons. The molecule has 0 aromatic heterocycles. The summed E-state index contributed by atoms with van der Waals surface area (Å²) < 4.78 is 8.40. The first-order chi connectivity index (χ1) is 26.0. The first-order valence-electron chi connectivity index (χ1n) is 19.5. The van der Waals surface area contributed by atoms with Crippen LogP contribution in [0.15, 0.2) is 158 Å². The predicted molar refractivity (Wildman–Crippen MR) is 228 cm³/mol. The number of hydrogen-bond donors (Lipinski definition) is 0. The van der Waals surface area contributed by atoms with Gasteiger partial charge in [0.1, 0.15) is 0 Å². The van der Waals surface area contributed by atoms with Crippen LogP contribution in [0.3, 0.4) is 0 Å². The van der Waals surface area contributed by atoms with Crippen molar-refractivity contribution in [3.8, 4) is 0 Å². The van der Waals surface area contributed by atoms with Crippen molar-refractivity contribution in [2.24, 2.45) is 0 Å². The molecule has 8 aromatic rings. The van der Waals surface area contributed by atoms with E-state index in [1.807, 2.05) is 3.26 Å². The van der Waals surface area contributed by atoms with Gasteiger partial charge in [0.2, 0.25) is 0 Å². The van der Waals surface area contributed by atoms with Crippen LogP contribution in [0.2, 0.25) is 9.36 Å². The van der Waals surface area contributed by atoms with Gasteiger partial charge in [-0.05, 0) is 0 Å². The topological polar surface area (TPSA) is 0 Å². The summed E-state index contributed by atoms with van der Waals surface area (Å²) in [7, 11) is 0. The molecule has 0 aliphatic heterocycles. The van der Waals surface area contributed by atoms with Crippen LogP contribution in [0.1, 0.15) is 60.0 Å². The van der Waals surface area contributed by atoms with Crippen molar-refractivity contribution < 1.29 is 18.0 Å². The van der Waals surface area contributed by atoms with Gasteiger partial charge in [0, 0.05) is 0 Å². The third kappa shape index (κ3) is 4.41. The van der Waals surface area contributed by atoms with Gasteiger partial charge in [-0.25, -0.2) is 0 Å². The van der Waals surface area contributed by atoms with Crippen LogP contribution in [0.5, 0.6) is 0 Å². The molecule has 0 nitrogen and oxygen atoms in total. The fourth-order valence-corrected chi connectivity index (χ4v) is 39.8. The van der Waals surface area contributed by atoms with E-state index in [2.05, 4.69) is 179 Å². The van der Waals surface area contributed by atoms with Crippen molar-refractivity contribution >= 4 is 69.6 Å². The van der Waals surface area contributed by atoms with E-state index in [0.717, 1.165) is 0 Å². The Morgan fingerprint density at radius 2 is 0.830 bits per heavy atom. The van der Waals surface area contributed by atoms with Crippen molar-refractivity contribution in [1.82, 2.24) is 0 Å². The van der Waals surface area contributed by atoms with Crippen LogP contribution in [0, 0.1) is 0 Å². The Bertz CT molecular complexity index is 2800. The summed E-state index contributed by atoms with van der Waals surface area (Å²) in [6, 6.07) is 60.2. The van der Waals surface area contributed by atoms with E-state index in [4.69, 9.17) is 0 Å². The molecule has 0 radical (unpaired) electrons. The normalized spacial score (nSPS) is 18.3. The van der Waals surface area contributed by atoms with Crippen LogP contribution in [-0.2, 0) is 18.0 Å². The molecule has 1 heteroatoms. The van der Waals surface area contributed by atoms with E-state index in [0.29, 0.717) is 7.35 Å². The summed E-state index contributed by atoms with van der Waals surface area (Å²) in [6.45, 7) is 0. The molecule has 8 aromatic carbocycles. The van der Waals surface area contributed by atoms with Gasteiger partial charge in [-0.15, -0.1) is 0 Å². The first-order valence-corrected chi connectivity index (χ1v) is 32.6. The standard InChI is InChI=1S/2C23H15.C4H6.2CH3.Hf/c2*1-2-8-19-15-20(14-18(19)7-1)22-11-5-9-17-13-12-16-6-3-4-10-21(16)23(17)22;1-2-4-3-1;;;/h2*1-15H;1-3H2;2*1H3;. The fourth-order valence-electron chi connectivity index (χ4n) is 11.3. The van der Waals surface area contributed by atoms with Crippen molar-refractivity contribution in [3.05, 3.63) is 191 Å². The zero-order chi connectivity index (χ0) is 35.3. The van der Waals surface area contributed by atoms with Gasteiger partial charge >= 0.3 is 315 Å². The number of benzene rings is 8. The average Bonchev–Trinajstić information content (AvgIpc) is 3.77. The van der Waals surface area contributed by atoms with Crippen LogP contribution in [0.25, 0.3) is 66.4 Å². The minimum atomic E-state index is -4.50. The van der Waals surface area contributed by atoms with Gasteiger partial charge in [0.25, 0.3) is 0 Å². The Labute approximate surface area is 312 Å². The van der Waals surface area contributed by atoms with Crippen LogP contribution in [-0.4, -0.2) is 3.26 Å². The maximum absolute atomic E-state index is 4.50. The van der Waals surface area contributed by atoms with Gasteiger partial charge in [0.05, 0.1) is 0 Å². The van der Waals surface area contributed by atoms with E-state index in [-0.39, 0.29) is 0 Å². The van der Waals surface area contributed by atoms with Crippen molar-refractivity contribution in [2.75, 3.05) is 0 Å². The van der Waals surface area contributed by atoms with Gasteiger partial charge in [0.15, 0.2) is 0 Å². The third-order valence-corrected chi connectivity index (χ3v) is 40.9. The van der Waals surface area contributed by atoms with Gasteiger partial charge in [-0.2, -0.15) is 0 Å². The number of allylic oxidation sites excluding steroid dienone is 2. The molecule has 2 unspecified atom stereocenters. The second-order valence-corrected chi connectivity index (χ2v) is 42.2. The molecule has 0 spiro atoms. The number of hydrogen-bond acceptors (Lipinski definition) is 0. The molecule has 0 bridgehead atoms. The Balaban J connectivity index is 1.24. The van der Waals surface area contributed by atoms with Crippen molar-refractivity contribution in [2.45, 2.75) is 36.0 Å². The molecule has 0 amide bonds. The van der Waals surface area contributed by atoms with Gasteiger partial charge < -0.3 is 0 Å². The van der Waals surface area contributed by atoms with Gasteiger partial charge in [-0.3, -0.25) is 0 Å². The van der Waals surface area contributed by atoms with E-state index >= 15 is 0 Å². The molecule has 3 aliphatic carbocycles.